The normalized spacial score (nSPS) is 16.4. The van der Waals surface area contributed by atoms with E-state index in [1.165, 1.54) is 46.3 Å². The predicted molar refractivity (Wildman–Crippen MR) is 106 cm³/mol. The van der Waals surface area contributed by atoms with Gasteiger partial charge in [0.15, 0.2) is 0 Å². The van der Waals surface area contributed by atoms with Gasteiger partial charge in [0, 0.05) is 36.8 Å². The summed E-state index contributed by atoms with van der Waals surface area (Å²) in [7, 11) is 0. The van der Waals surface area contributed by atoms with E-state index in [1.54, 1.807) is 0 Å². The summed E-state index contributed by atoms with van der Waals surface area (Å²) in [6, 6.07) is 17.9. The second-order valence-corrected chi connectivity index (χ2v) is 7.28. The van der Waals surface area contributed by atoms with Crippen molar-refractivity contribution < 1.29 is 0 Å². The number of anilines is 1. The fraction of sp³-hybridized carbons (Fsp3) is 0.364. The highest BCUT2D eigenvalue weighted by Gasteiger charge is 2.20. The van der Waals surface area contributed by atoms with Crippen molar-refractivity contribution in [1.29, 1.82) is 0 Å². The number of piperidine rings is 1. The highest BCUT2D eigenvalue weighted by atomic mass is 15.1. The van der Waals surface area contributed by atoms with Crippen LogP contribution in [-0.4, -0.2) is 29.0 Å². The molecule has 2 N–H and O–H groups in total. The van der Waals surface area contributed by atoms with Gasteiger partial charge in [0.05, 0.1) is 11.2 Å². The summed E-state index contributed by atoms with van der Waals surface area (Å²) in [6.45, 7) is 7.73. The molecular weight excluding hydrogens is 306 g/mol. The van der Waals surface area contributed by atoms with Gasteiger partial charge in [-0.1, -0.05) is 42.5 Å². The van der Waals surface area contributed by atoms with Crippen LogP contribution in [0.2, 0.25) is 0 Å². The molecule has 1 aromatic heterocycles. The Bertz CT molecular complexity index is 842. The van der Waals surface area contributed by atoms with Crippen LogP contribution < -0.4 is 5.32 Å². The van der Waals surface area contributed by atoms with Crippen molar-refractivity contribution in [1.82, 2.24) is 9.88 Å². The molecule has 2 aromatic carbocycles. The molecule has 1 saturated heterocycles. The summed E-state index contributed by atoms with van der Waals surface area (Å²) in [5.41, 5.74) is 6.54. The number of hydrogen-bond acceptors (Lipinski definition) is 2. The summed E-state index contributed by atoms with van der Waals surface area (Å²) >= 11 is 0. The van der Waals surface area contributed by atoms with E-state index < -0.39 is 0 Å². The van der Waals surface area contributed by atoms with Gasteiger partial charge < -0.3 is 10.3 Å². The van der Waals surface area contributed by atoms with Gasteiger partial charge in [-0.3, -0.25) is 4.90 Å². The molecule has 0 bridgehead atoms. The molecule has 0 spiro atoms. The van der Waals surface area contributed by atoms with Gasteiger partial charge in [0.25, 0.3) is 0 Å². The molecule has 1 aliphatic rings. The lowest BCUT2D eigenvalue weighted by molar-refractivity contribution is 0.211. The van der Waals surface area contributed by atoms with E-state index in [9.17, 15) is 0 Å². The average molecular weight is 333 g/mol. The van der Waals surface area contributed by atoms with E-state index >= 15 is 0 Å². The molecule has 4 rings (SSSR count). The van der Waals surface area contributed by atoms with E-state index in [1.807, 2.05) is 0 Å². The number of aryl methyl sites for hydroxylation is 2. The Morgan fingerprint density at radius 2 is 1.76 bits per heavy atom. The molecular formula is C22H27N3. The van der Waals surface area contributed by atoms with Crippen molar-refractivity contribution in [3.05, 3.63) is 65.4 Å². The molecule has 3 nitrogen and oxygen atoms in total. The topological polar surface area (TPSA) is 31.1 Å². The van der Waals surface area contributed by atoms with E-state index in [2.05, 4.69) is 77.6 Å². The highest BCUT2D eigenvalue weighted by Crippen LogP contribution is 2.29. The third kappa shape index (κ3) is 3.42. The van der Waals surface area contributed by atoms with Crippen LogP contribution >= 0.6 is 0 Å². The third-order valence-corrected chi connectivity index (χ3v) is 5.54. The molecule has 0 aliphatic carbocycles. The van der Waals surface area contributed by atoms with Crippen molar-refractivity contribution in [3.8, 4) is 0 Å². The number of H-pyrrole nitrogens is 1. The Morgan fingerprint density at radius 3 is 2.52 bits per heavy atom. The second-order valence-electron chi connectivity index (χ2n) is 7.28. The van der Waals surface area contributed by atoms with Crippen LogP contribution in [0.15, 0.2) is 48.5 Å². The van der Waals surface area contributed by atoms with Crippen molar-refractivity contribution in [2.24, 2.45) is 0 Å². The molecule has 0 atom stereocenters. The number of aromatic nitrogens is 1. The van der Waals surface area contributed by atoms with Gasteiger partial charge in [0.2, 0.25) is 0 Å². The molecule has 1 fully saturated rings. The maximum atomic E-state index is 3.79. The summed E-state index contributed by atoms with van der Waals surface area (Å²) in [5, 5.41) is 5.13. The van der Waals surface area contributed by atoms with Crippen LogP contribution in [0.3, 0.4) is 0 Å². The Morgan fingerprint density at radius 1 is 1.00 bits per heavy atom. The summed E-state index contributed by atoms with van der Waals surface area (Å²) in [4.78, 5) is 6.12. The number of benzene rings is 2. The second kappa shape index (κ2) is 6.93. The van der Waals surface area contributed by atoms with Crippen molar-refractivity contribution in [2.75, 3.05) is 18.4 Å². The number of fused-ring (bicyclic) bond motifs is 1. The lowest BCUT2D eigenvalue weighted by Crippen LogP contribution is -2.38. The smallest absolute Gasteiger partial charge is 0.0694 e. The fourth-order valence-corrected chi connectivity index (χ4v) is 3.90. The Hall–Kier alpha value is -2.26. The minimum Gasteiger partial charge on any atom is -0.381 e. The molecule has 3 heteroatoms. The monoisotopic (exact) mass is 333 g/mol. The van der Waals surface area contributed by atoms with Gasteiger partial charge in [-0.15, -0.1) is 0 Å². The minimum absolute atomic E-state index is 0.557. The number of likely N-dealkylation sites (tertiary alicyclic amines) is 1. The molecule has 0 unspecified atom stereocenters. The number of nitrogens with zero attached hydrogens (tertiary/aromatic N) is 1. The first-order valence-corrected chi connectivity index (χ1v) is 9.31. The SMILES string of the molecule is Cc1[nH]c2c(NC3CCN(Cc4ccccc4)CC3)cccc2c1C. The van der Waals surface area contributed by atoms with Crippen LogP contribution in [0.25, 0.3) is 10.9 Å². The summed E-state index contributed by atoms with van der Waals surface area (Å²) < 4.78 is 0. The molecule has 1 aliphatic heterocycles. The molecule has 3 aromatic rings. The zero-order valence-corrected chi connectivity index (χ0v) is 15.2. The zero-order valence-electron chi connectivity index (χ0n) is 15.2. The standard InChI is InChI=1S/C22H27N3/c1-16-17(2)23-22-20(16)9-6-10-21(22)24-19-11-13-25(14-12-19)15-18-7-4-3-5-8-18/h3-10,19,23-24H,11-15H2,1-2H3. The number of nitrogens with one attached hydrogen (secondary N) is 2. The quantitative estimate of drug-likeness (QED) is 0.714. The minimum atomic E-state index is 0.557. The maximum Gasteiger partial charge on any atom is 0.0694 e. The van der Waals surface area contributed by atoms with Crippen LogP contribution in [0, 0.1) is 13.8 Å². The number of aromatic amines is 1. The van der Waals surface area contributed by atoms with Crippen LogP contribution in [0.4, 0.5) is 5.69 Å². The van der Waals surface area contributed by atoms with Gasteiger partial charge >= 0.3 is 0 Å². The Kier molecular flexibility index (Phi) is 4.50. The van der Waals surface area contributed by atoms with Crippen molar-refractivity contribution in [2.45, 2.75) is 39.3 Å². The van der Waals surface area contributed by atoms with Crippen molar-refractivity contribution in [3.63, 3.8) is 0 Å². The van der Waals surface area contributed by atoms with Gasteiger partial charge in [0.1, 0.15) is 0 Å². The van der Waals surface area contributed by atoms with Crippen LogP contribution in [-0.2, 0) is 6.54 Å². The summed E-state index contributed by atoms with van der Waals surface area (Å²) in [5.74, 6) is 0. The summed E-state index contributed by atoms with van der Waals surface area (Å²) in [6.07, 6.45) is 2.39. The average Bonchev–Trinajstić information content (AvgIpc) is 2.93. The predicted octanol–water partition coefficient (Wildman–Crippen LogP) is 4.86. The molecule has 0 amide bonds. The largest absolute Gasteiger partial charge is 0.381 e. The van der Waals surface area contributed by atoms with Gasteiger partial charge in [-0.2, -0.15) is 0 Å². The van der Waals surface area contributed by atoms with Crippen molar-refractivity contribution >= 4 is 16.6 Å². The fourth-order valence-electron chi connectivity index (χ4n) is 3.90. The van der Waals surface area contributed by atoms with Crippen LogP contribution in [0.5, 0.6) is 0 Å². The van der Waals surface area contributed by atoms with E-state index in [4.69, 9.17) is 0 Å². The zero-order chi connectivity index (χ0) is 17.2. The maximum absolute atomic E-state index is 3.79. The lowest BCUT2D eigenvalue weighted by Gasteiger charge is -2.33. The van der Waals surface area contributed by atoms with Gasteiger partial charge in [-0.25, -0.2) is 0 Å². The molecule has 25 heavy (non-hydrogen) atoms. The number of para-hydroxylation sites is 1. The third-order valence-electron chi connectivity index (χ3n) is 5.54. The Balaban J connectivity index is 1.40. The number of rotatable bonds is 4. The Labute approximate surface area is 150 Å². The first kappa shape index (κ1) is 16.2. The molecule has 130 valence electrons. The lowest BCUT2D eigenvalue weighted by atomic mass is 10.0. The highest BCUT2D eigenvalue weighted by molar-refractivity contribution is 5.94. The first-order valence-electron chi connectivity index (χ1n) is 9.31. The van der Waals surface area contributed by atoms with E-state index in [-0.39, 0.29) is 0 Å². The van der Waals surface area contributed by atoms with E-state index in [0.717, 1.165) is 19.6 Å². The first-order chi connectivity index (χ1) is 12.2. The number of hydrogen-bond donors (Lipinski definition) is 2. The van der Waals surface area contributed by atoms with Crippen LogP contribution in [0.1, 0.15) is 29.7 Å². The van der Waals surface area contributed by atoms with Gasteiger partial charge in [-0.05, 0) is 43.9 Å². The molecule has 2 heterocycles. The van der Waals surface area contributed by atoms with E-state index in [0.29, 0.717) is 6.04 Å². The molecule has 0 saturated carbocycles. The molecule has 0 radical (unpaired) electrons.